The highest BCUT2D eigenvalue weighted by Gasteiger charge is 2.46. The summed E-state index contributed by atoms with van der Waals surface area (Å²) in [4.78, 5) is 62.3. The van der Waals surface area contributed by atoms with Gasteiger partial charge in [-0.05, 0) is 38.0 Å². The van der Waals surface area contributed by atoms with Crippen molar-refractivity contribution in [2.75, 3.05) is 13.1 Å². The average Bonchev–Trinajstić information content (AvgIpc) is 3.82. The number of rotatable bonds is 27. The predicted molar refractivity (Wildman–Crippen MR) is 219 cm³/mol. The van der Waals surface area contributed by atoms with Crippen LogP contribution in [0.25, 0.3) is 9.75 Å². The summed E-state index contributed by atoms with van der Waals surface area (Å²) >= 11 is 2.90. The molecule has 52 heavy (non-hydrogen) atoms. The summed E-state index contributed by atoms with van der Waals surface area (Å²) in [7, 11) is 0. The lowest BCUT2D eigenvalue weighted by Gasteiger charge is -2.23. The van der Waals surface area contributed by atoms with Crippen LogP contribution in [0.1, 0.15) is 233 Å². The number of thiophene rings is 2. The summed E-state index contributed by atoms with van der Waals surface area (Å²) in [5.74, 6) is -0.515. The first-order valence-electron chi connectivity index (χ1n) is 21.2. The first-order chi connectivity index (χ1) is 25.2. The van der Waals surface area contributed by atoms with Crippen molar-refractivity contribution in [3.8, 4) is 9.75 Å². The molecule has 2 aliphatic heterocycles. The van der Waals surface area contributed by atoms with Gasteiger partial charge in [0.05, 0.1) is 32.0 Å². The van der Waals surface area contributed by atoms with Gasteiger partial charge < -0.3 is 0 Å². The molecule has 0 fully saturated rings. The van der Waals surface area contributed by atoms with Crippen molar-refractivity contribution in [1.29, 1.82) is 0 Å². The molecule has 8 heteroatoms. The fourth-order valence-electron chi connectivity index (χ4n) is 8.11. The van der Waals surface area contributed by atoms with Gasteiger partial charge in [-0.15, -0.1) is 22.7 Å². The van der Waals surface area contributed by atoms with Gasteiger partial charge in [-0.25, -0.2) is 0 Å². The number of imide groups is 2. The number of carbonyl (C=O) groups excluding carboxylic acids is 4. The molecule has 4 amide bonds. The summed E-state index contributed by atoms with van der Waals surface area (Å²) in [6, 6.07) is 0. The third kappa shape index (κ3) is 10.5. The zero-order valence-electron chi connectivity index (χ0n) is 33.5. The predicted octanol–water partition coefficient (Wildman–Crippen LogP) is 13.4. The SMILES string of the molecule is CCCCCCCCCCC(CCCCCCCC)CN1C(=O)c2c(-c3sc(C)c4c3C(=O)N(CCCCCCCC)C4=O)sc(C(C)C)c2C1=O. The van der Waals surface area contributed by atoms with Crippen LogP contribution in [0.3, 0.4) is 0 Å². The van der Waals surface area contributed by atoms with E-state index in [2.05, 4.69) is 34.6 Å². The van der Waals surface area contributed by atoms with Crippen molar-refractivity contribution in [1.82, 2.24) is 9.80 Å². The molecule has 4 heterocycles. The third-order valence-corrected chi connectivity index (χ3v) is 14.0. The summed E-state index contributed by atoms with van der Waals surface area (Å²) in [5.41, 5.74) is 1.92. The number of amides is 4. The van der Waals surface area contributed by atoms with E-state index in [9.17, 15) is 19.2 Å². The van der Waals surface area contributed by atoms with Crippen LogP contribution in [0.15, 0.2) is 0 Å². The van der Waals surface area contributed by atoms with Crippen molar-refractivity contribution in [3.63, 3.8) is 0 Å². The summed E-state index contributed by atoms with van der Waals surface area (Å²) in [5, 5.41) is 0. The number of hydrogen-bond acceptors (Lipinski definition) is 6. The van der Waals surface area contributed by atoms with Crippen molar-refractivity contribution in [2.24, 2.45) is 5.92 Å². The summed E-state index contributed by atoms with van der Waals surface area (Å²) in [6.45, 7) is 13.6. The highest BCUT2D eigenvalue weighted by Crippen LogP contribution is 2.50. The van der Waals surface area contributed by atoms with E-state index in [-0.39, 0.29) is 29.5 Å². The minimum atomic E-state index is -0.251. The van der Waals surface area contributed by atoms with Crippen molar-refractivity contribution < 1.29 is 19.2 Å². The number of aryl methyl sites for hydroxylation is 1. The molecule has 2 aromatic heterocycles. The molecule has 0 spiro atoms. The standard InChI is InChI=1S/C44H68N2O4S2/c1-7-10-13-16-19-20-22-25-28-33(27-24-21-17-14-11-8-2)30-46-43(49)36-37(44(46)50)40(52-38(36)31(4)5)39-35-34(32(6)51-39)41(47)45(42(35)48)29-26-23-18-15-12-9-3/h31,33H,7-30H2,1-6H3. The Hall–Kier alpha value is -2.32. The molecule has 0 saturated carbocycles. The molecular weight excluding hydrogens is 685 g/mol. The van der Waals surface area contributed by atoms with Crippen LogP contribution in [0, 0.1) is 12.8 Å². The molecule has 1 unspecified atom stereocenters. The Bertz CT molecular complexity index is 1490. The van der Waals surface area contributed by atoms with E-state index in [4.69, 9.17) is 0 Å². The minimum Gasteiger partial charge on any atom is -0.274 e. The van der Waals surface area contributed by atoms with E-state index >= 15 is 0 Å². The van der Waals surface area contributed by atoms with Crippen LogP contribution >= 0.6 is 22.7 Å². The van der Waals surface area contributed by atoms with Gasteiger partial charge in [-0.3, -0.25) is 29.0 Å². The van der Waals surface area contributed by atoms with Crippen molar-refractivity contribution in [2.45, 2.75) is 189 Å². The lowest BCUT2D eigenvalue weighted by Crippen LogP contribution is -2.35. The lowest BCUT2D eigenvalue weighted by molar-refractivity contribution is 0.0614. The van der Waals surface area contributed by atoms with Gasteiger partial charge in [0.2, 0.25) is 0 Å². The molecule has 290 valence electrons. The smallest absolute Gasteiger partial charge is 0.263 e. The van der Waals surface area contributed by atoms with E-state index in [1.54, 1.807) is 0 Å². The number of hydrogen-bond donors (Lipinski definition) is 0. The fourth-order valence-corrected chi connectivity index (χ4v) is 10.7. The molecule has 2 aromatic rings. The minimum absolute atomic E-state index is 0.0519. The second kappa shape index (κ2) is 21.5. The van der Waals surface area contributed by atoms with Crippen LogP contribution in [0.5, 0.6) is 0 Å². The van der Waals surface area contributed by atoms with E-state index in [0.717, 1.165) is 54.7 Å². The molecule has 2 aliphatic rings. The van der Waals surface area contributed by atoms with Crippen LogP contribution in [-0.4, -0.2) is 46.5 Å². The van der Waals surface area contributed by atoms with Gasteiger partial charge in [0.25, 0.3) is 23.6 Å². The van der Waals surface area contributed by atoms with Crippen molar-refractivity contribution >= 4 is 46.3 Å². The van der Waals surface area contributed by atoms with Gasteiger partial charge in [-0.2, -0.15) is 0 Å². The summed E-state index contributed by atoms with van der Waals surface area (Å²) < 4.78 is 0. The molecule has 0 N–H and O–H groups in total. The zero-order valence-corrected chi connectivity index (χ0v) is 35.1. The van der Waals surface area contributed by atoms with Crippen LogP contribution in [-0.2, 0) is 0 Å². The number of unbranched alkanes of at least 4 members (excludes halogenated alkanes) is 17. The lowest BCUT2D eigenvalue weighted by atomic mass is 9.93. The fraction of sp³-hybridized carbons (Fsp3) is 0.727. The number of carbonyl (C=O) groups is 4. The monoisotopic (exact) mass is 752 g/mol. The maximum absolute atomic E-state index is 14.4. The molecule has 0 aromatic carbocycles. The highest BCUT2D eigenvalue weighted by molar-refractivity contribution is 7.23. The summed E-state index contributed by atoms with van der Waals surface area (Å²) in [6.07, 6.45) is 26.1. The Labute approximate surface area is 323 Å². The zero-order chi connectivity index (χ0) is 37.6. The molecule has 4 rings (SSSR count). The second-order valence-corrected chi connectivity index (χ2v) is 18.2. The van der Waals surface area contributed by atoms with Gasteiger partial charge in [0.1, 0.15) is 0 Å². The van der Waals surface area contributed by atoms with E-state index < -0.39 is 0 Å². The normalized spacial score (nSPS) is 14.8. The molecule has 0 bridgehead atoms. The van der Waals surface area contributed by atoms with Gasteiger partial charge >= 0.3 is 0 Å². The van der Waals surface area contributed by atoms with Gasteiger partial charge in [0.15, 0.2) is 0 Å². The molecule has 6 nitrogen and oxygen atoms in total. The van der Waals surface area contributed by atoms with E-state index in [0.29, 0.717) is 51.0 Å². The van der Waals surface area contributed by atoms with Gasteiger partial charge in [-0.1, -0.05) is 157 Å². The average molecular weight is 753 g/mol. The first-order valence-corrected chi connectivity index (χ1v) is 22.8. The largest absolute Gasteiger partial charge is 0.274 e. The molecule has 1 atom stereocenters. The van der Waals surface area contributed by atoms with Crippen LogP contribution < -0.4 is 0 Å². The molecule has 0 saturated heterocycles. The Kier molecular flexibility index (Phi) is 17.6. The Morgan fingerprint density at radius 3 is 1.40 bits per heavy atom. The Morgan fingerprint density at radius 2 is 0.885 bits per heavy atom. The van der Waals surface area contributed by atoms with Crippen LogP contribution in [0.2, 0.25) is 0 Å². The Balaban J connectivity index is 1.53. The molecular formula is C44H68N2O4S2. The van der Waals surface area contributed by atoms with E-state index in [1.165, 1.54) is 129 Å². The third-order valence-electron chi connectivity index (χ3n) is 11.2. The Morgan fingerprint density at radius 1 is 0.481 bits per heavy atom. The number of fused-ring (bicyclic) bond motifs is 2. The topological polar surface area (TPSA) is 74.8 Å². The van der Waals surface area contributed by atoms with Gasteiger partial charge in [0, 0.05) is 22.8 Å². The second-order valence-electron chi connectivity index (χ2n) is 15.9. The highest BCUT2D eigenvalue weighted by atomic mass is 32.1. The quantitative estimate of drug-likeness (QED) is 0.0673. The van der Waals surface area contributed by atoms with Crippen LogP contribution in [0.4, 0.5) is 0 Å². The molecule has 0 aliphatic carbocycles. The molecule has 0 radical (unpaired) electrons. The maximum Gasteiger partial charge on any atom is 0.263 e. The first kappa shape index (κ1) is 42.4. The maximum atomic E-state index is 14.4. The van der Waals surface area contributed by atoms with Crippen molar-refractivity contribution in [3.05, 3.63) is 32.0 Å². The number of nitrogens with zero attached hydrogens (tertiary/aromatic N) is 2. The van der Waals surface area contributed by atoms with E-state index in [1.807, 2.05) is 6.92 Å².